The minimum atomic E-state index is -1.50. The molecule has 1 amide bonds. The minimum Gasteiger partial charge on any atom is -0.481 e. The zero-order valence-corrected chi connectivity index (χ0v) is 29.1. The number of carbonyl (C=O) groups excluding carboxylic acids is 1. The minimum absolute atomic E-state index is 0. The molecule has 2 N–H and O–H groups in total. The largest absolute Gasteiger partial charge is 0.481 e. The van der Waals surface area contributed by atoms with Crippen molar-refractivity contribution in [3.63, 3.8) is 0 Å². The van der Waals surface area contributed by atoms with E-state index in [-0.39, 0.29) is 72.0 Å². The summed E-state index contributed by atoms with van der Waals surface area (Å²) >= 11 is 1.37. The molecule has 0 unspecified atom stereocenters. The molecule has 6 nitrogen and oxygen atoms in total. The Balaban J connectivity index is -0.00000544. The van der Waals surface area contributed by atoms with Crippen LogP contribution in [0, 0.1) is 0 Å². The first kappa shape index (κ1) is 41.0. The van der Waals surface area contributed by atoms with E-state index in [2.05, 4.69) is 6.92 Å². The number of hydrogen-bond donors (Lipinski definition) is 2. The summed E-state index contributed by atoms with van der Waals surface area (Å²) in [6, 6.07) is 0. The van der Waals surface area contributed by atoms with E-state index < -0.39 is 28.1 Å². The number of thioether (sulfide) groups is 1. The number of unbranched alkanes of at least 4 members (excludes halogenated alkanes) is 12. The predicted molar refractivity (Wildman–Crippen MR) is 154 cm³/mol. The van der Waals surface area contributed by atoms with Gasteiger partial charge in [0.05, 0.1) is 6.42 Å². The first-order chi connectivity index (χ1) is 16.0. The third-order valence-corrected chi connectivity index (χ3v) is 8.30. The average molecular weight is 546 g/mol. The SMILES string of the molecule is CCCCCCCCCCCCCCC=CN(C(=O)CCC(=O)O)[C@](C)(C(=O)O)C(C)(C)SC.[Na].[Na]. The summed E-state index contributed by atoms with van der Waals surface area (Å²) in [4.78, 5) is 37.4. The second-order valence-corrected chi connectivity index (χ2v) is 11.2. The Kier molecular flexibility index (Phi) is 26.6. The number of aliphatic carboxylic acids is 2. The monoisotopic (exact) mass is 545 g/mol. The molecule has 0 saturated carbocycles. The summed E-state index contributed by atoms with van der Waals surface area (Å²) in [6.07, 6.45) is 20.7. The Bertz CT molecular complexity index is 646. The van der Waals surface area contributed by atoms with Crippen molar-refractivity contribution in [1.29, 1.82) is 0 Å². The maximum absolute atomic E-state index is 12.9. The summed E-state index contributed by atoms with van der Waals surface area (Å²) in [5, 5.41) is 19.0. The van der Waals surface area contributed by atoms with Crippen molar-refractivity contribution in [3.05, 3.63) is 12.3 Å². The van der Waals surface area contributed by atoms with Crippen molar-refractivity contribution in [3.8, 4) is 0 Å². The van der Waals surface area contributed by atoms with E-state index in [1.165, 1.54) is 80.9 Å². The molecule has 1 atom stereocenters. The van der Waals surface area contributed by atoms with Crippen molar-refractivity contribution >= 4 is 88.7 Å². The van der Waals surface area contributed by atoms with Crippen molar-refractivity contribution in [2.75, 3.05) is 6.26 Å². The molecule has 200 valence electrons. The van der Waals surface area contributed by atoms with E-state index in [9.17, 15) is 19.5 Å². The van der Waals surface area contributed by atoms with Gasteiger partial charge in [-0.3, -0.25) is 9.59 Å². The van der Waals surface area contributed by atoms with Crippen molar-refractivity contribution in [2.45, 2.75) is 134 Å². The van der Waals surface area contributed by atoms with Crippen molar-refractivity contribution < 1.29 is 24.6 Å². The maximum Gasteiger partial charge on any atom is 0.331 e. The Labute approximate surface area is 268 Å². The van der Waals surface area contributed by atoms with Crippen LogP contribution in [0.1, 0.15) is 124 Å². The number of rotatable bonds is 21. The van der Waals surface area contributed by atoms with Crippen LogP contribution in [0.4, 0.5) is 0 Å². The number of amides is 1. The second-order valence-electron chi connectivity index (χ2n) is 9.81. The van der Waals surface area contributed by atoms with Crippen LogP contribution >= 0.6 is 11.8 Å². The molecule has 0 spiro atoms. The van der Waals surface area contributed by atoms with Gasteiger partial charge in [-0.05, 0) is 39.9 Å². The predicted octanol–water partition coefficient (Wildman–Crippen LogP) is 6.51. The smallest absolute Gasteiger partial charge is 0.331 e. The molecule has 0 aliphatic heterocycles. The molecule has 0 rings (SSSR count). The van der Waals surface area contributed by atoms with Gasteiger partial charge in [0.2, 0.25) is 5.91 Å². The molecule has 0 bridgehead atoms. The molecule has 0 heterocycles. The molecule has 0 aliphatic carbocycles. The van der Waals surface area contributed by atoms with E-state index in [1.807, 2.05) is 12.3 Å². The van der Waals surface area contributed by atoms with Gasteiger partial charge < -0.3 is 15.1 Å². The molecule has 0 saturated heterocycles. The molecule has 0 aliphatic rings. The van der Waals surface area contributed by atoms with Gasteiger partial charge in [-0.2, -0.15) is 11.8 Å². The third kappa shape index (κ3) is 15.8. The van der Waals surface area contributed by atoms with Gasteiger partial charge in [0, 0.05) is 76.5 Å². The topological polar surface area (TPSA) is 94.9 Å². The summed E-state index contributed by atoms with van der Waals surface area (Å²) in [5.41, 5.74) is -1.50. The van der Waals surface area contributed by atoms with Crippen LogP contribution < -0.4 is 0 Å². The molecule has 0 fully saturated rings. The van der Waals surface area contributed by atoms with Gasteiger partial charge in [-0.1, -0.05) is 83.6 Å². The van der Waals surface area contributed by atoms with Crippen LogP contribution in [-0.4, -0.2) is 109 Å². The van der Waals surface area contributed by atoms with Gasteiger partial charge in [-0.25, -0.2) is 4.79 Å². The maximum atomic E-state index is 12.9. The normalized spacial score (nSPS) is 12.9. The number of hydrogen-bond acceptors (Lipinski definition) is 4. The molecule has 9 heteroatoms. The van der Waals surface area contributed by atoms with Gasteiger partial charge in [0.1, 0.15) is 0 Å². The summed E-state index contributed by atoms with van der Waals surface area (Å²) in [7, 11) is 0. The Morgan fingerprint density at radius 1 is 0.778 bits per heavy atom. The van der Waals surface area contributed by atoms with E-state index in [0.29, 0.717) is 0 Å². The van der Waals surface area contributed by atoms with Crippen LogP contribution in [0.15, 0.2) is 12.3 Å². The molecule has 2 radical (unpaired) electrons. The summed E-state index contributed by atoms with van der Waals surface area (Å²) in [6.45, 7) is 7.37. The molecule has 36 heavy (non-hydrogen) atoms. The van der Waals surface area contributed by atoms with Gasteiger partial charge in [-0.15, -0.1) is 0 Å². The Morgan fingerprint density at radius 2 is 1.22 bits per heavy atom. The van der Waals surface area contributed by atoms with Gasteiger partial charge in [0.25, 0.3) is 0 Å². The van der Waals surface area contributed by atoms with Crippen molar-refractivity contribution in [1.82, 2.24) is 4.90 Å². The fourth-order valence-corrected chi connectivity index (χ4v) is 4.53. The molecule has 0 aromatic rings. The van der Waals surface area contributed by atoms with Gasteiger partial charge in [0.15, 0.2) is 5.54 Å². The van der Waals surface area contributed by atoms with E-state index in [4.69, 9.17) is 5.11 Å². The first-order valence-electron chi connectivity index (χ1n) is 13.0. The van der Waals surface area contributed by atoms with Gasteiger partial charge >= 0.3 is 11.9 Å². The fourth-order valence-electron chi connectivity index (χ4n) is 3.95. The Hall–Kier alpha value is 0.500. The number of nitrogens with zero attached hydrogens (tertiary/aromatic N) is 1. The molecule has 0 aromatic carbocycles. The number of carbonyl (C=O) groups is 3. The standard InChI is InChI=1S/C27H49NO5S.2Na/c1-6-7-8-9-10-11-12-13-14-15-16-17-18-19-22-28(23(29)20-21-24(30)31)27(4,25(32)33)26(2,3)34-5;;/h19,22H,6-18,20-21H2,1-5H3,(H,30,31)(H,32,33);;/t27-;;/m1../s1. The summed E-state index contributed by atoms with van der Waals surface area (Å²) < 4.78 is -0.780. The van der Waals surface area contributed by atoms with Crippen LogP contribution in [0.5, 0.6) is 0 Å². The van der Waals surface area contributed by atoms with E-state index in [1.54, 1.807) is 27.0 Å². The quantitative estimate of drug-likeness (QED) is 0.126. The summed E-state index contributed by atoms with van der Waals surface area (Å²) in [5.74, 6) is -2.67. The van der Waals surface area contributed by atoms with Crippen LogP contribution in [-0.2, 0) is 14.4 Å². The van der Waals surface area contributed by atoms with Crippen LogP contribution in [0.2, 0.25) is 0 Å². The molecular weight excluding hydrogens is 496 g/mol. The second kappa shape index (κ2) is 23.4. The zero-order chi connectivity index (χ0) is 26.0. The van der Waals surface area contributed by atoms with E-state index >= 15 is 0 Å². The number of carboxylic acid groups (broad SMARTS) is 2. The van der Waals surface area contributed by atoms with Crippen LogP contribution in [0.25, 0.3) is 0 Å². The fraction of sp³-hybridized carbons (Fsp3) is 0.815. The third-order valence-electron chi connectivity index (χ3n) is 6.88. The van der Waals surface area contributed by atoms with Crippen molar-refractivity contribution in [2.24, 2.45) is 0 Å². The first-order valence-corrected chi connectivity index (χ1v) is 14.3. The molecule has 0 aromatic heterocycles. The number of allylic oxidation sites excluding steroid dienone is 1. The van der Waals surface area contributed by atoms with E-state index in [0.717, 1.165) is 19.3 Å². The average Bonchev–Trinajstić information content (AvgIpc) is 2.79. The molecular formula is C27H49NNa2O5S. The Morgan fingerprint density at radius 3 is 1.61 bits per heavy atom. The number of carboxylic acids is 2. The zero-order valence-electron chi connectivity index (χ0n) is 24.2. The van der Waals surface area contributed by atoms with Crippen LogP contribution in [0.3, 0.4) is 0 Å².